The highest BCUT2D eigenvalue weighted by Gasteiger charge is 2.33. The van der Waals surface area contributed by atoms with Crippen LogP contribution in [0.2, 0.25) is 0 Å². The van der Waals surface area contributed by atoms with Crippen molar-refractivity contribution in [2.24, 2.45) is 0 Å². The van der Waals surface area contributed by atoms with Crippen molar-refractivity contribution in [2.75, 3.05) is 59.3 Å². The van der Waals surface area contributed by atoms with Gasteiger partial charge >= 0.3 is 12.1 Å². The fourth-order valence-corrected chi connectivity index (χ4v) is 7.93. The molecular weight excluding hydrogens is 765 g/mol. The van der Waals surface area contributed by atoms with Crippen molar-refractivity contribution in [1.82, 2.24) is 20.3 Å². The highest BCUT2D eigenvalue weighted by molar-refractivity contribution is 7.99. The average molecular weight is 815 g/mol. The number of rotatable bonds is 11. The fraction of sp³-hybridized carbons (Fsp3) is 0.333. The molecule has 2 aliphatic heterocycles. The lowest BCUT2D eigenvalue weighted by atomic mass is 9.90. The number of alkyl carbamates (subject to hydrolysis) is 1. The summed E-state index contributed by atoms with van der Waals surface area (Å²) in [7, 11) is 0. The molecule has 0 spiro atoms. The first-order valence-corrected chi connectivity index (χ1v) is 20.6. The summed E-state index contributed by atoms with van der Waals surface area (Å²) in [5.74, 6) is -0.407. The molecule has 0 aliphatic carbocycles. The third-order valence-corrected chi connectivity index (χ3v) is 11.4. The number of pyridine rings is 1. The lowest BCUT2D eigenvalue weighted by Crippen LogP contribution is -2.54. The molecule has 59 heavy (non-hydrogen) atoms. The Bertz CT molecular complexity index is 2230. The Kier molecular flexibility index (Phi) is 12.4. The van der Waals surface area contributed by atoms with Gasteiger partial charge in [0.1, 0.15) is 22.1 Å². The molecule has 2 aromatic heterocycles. The largest absolute Gasteiger partial charge is 0.477 e. The first-order chi connectivity index (χ1) is 28.3. The molecule has 0 saturated carbocycles. The molecule has 0 unspecified atom stereocenters. The summed E-state index contributed by atoms with van der Waals surface area (Å²) in [5, 5.41) is 15.9. The maximum Gasteiger partial charge on any atom is 0.408 e. The number of benzene rings is 3. The summed E-state index contributed by atoms with van der Waals surface area (Å²) in [4.78, 5) is 57.8. The van der Waals surface area contributed by atoms with Crippen LogP contribution in [0, 0.1) is 0 Å². The molecule has 0 bridgehead atoms. The minimum absolute atomic E-state index is 0.0503. The number of aromatic nitrogens is 3. The molecule has 2 saturated heterocycles. The van der Waals surface area contributed by atoms with Crippen molar-refractivity contribution in [2.45, 2.75) is 68.0 Å². The third kappa shape index (κ3) is 11.1. The van der Waals surface area contributed by atoms with Gasteiger partial charge in [-0.25, -0.2) is 24.5 Å². The van der Waals surface area contributed by atoms with E-state index in [-0.39, 0.29) is 17.1 Å². The maximum atomic E-state index is 13.2. The normalized spacial score (nSPS) is 15.4. The lowest BCUT2D eigenvalue weighted by Gasteiger charge is -2.40. The SMILES string of the molecule is CC1(NC(=O)OC(C)(C)C)CCN(c2cnc(Sc3cccc(NC(=O)c4ccc(Cc5ccc(N6CCN(c7ccc(C(=O)O)nc7)CC6)cc5)cc4)c3)cn2)CC1. The van der Waals surface area contributed by atoms with Gasteiger partial charge in [-0.15, -0.1) is 0 Å². The van der Waals surface area contributed by atoms with E-state index in [2.05, 4.69) is 71.5 Å². The van der Waals surface area contributed by atoms with Gasteiger partial charge in [0.05, 0.1) is 24.3 Å². The van der Waals surface area contributed by atoms with Gasteiger partial charge in [-0.2, -0.15) is 0 Å². The second-order valence-corrected chi connectivity index (χ2v) is 17.3. The smallest absolute Gasteiger partial charge is 0.408 e. The number of carbonyl (C=O) groups is 3. The number of aromatic carboxylic acids is 1. The van der Waals surface area contributed by atoms with Crippen LogP contribution in [0.25, 0.3) is 0 Å². The number of amides is 2. The van der Waals surface area contributed by atoms with E-state index in [1.807, 2.05) is 75.4 Å². The zero-order chi connectivity index (χ0) is 41.6. The van der Waals surface area contributed by atoms with Crippen LogP contribution in [0.3, 0.4) is 0 Å². The van der Waals surface area contributed by atoms with Crippen molar-refractivity contribution in [3.63, 3.8) is 0 Å². The number of carboxylic acids is 1. The molecule has 306 valence electrons. The van der Waals surface area contributed by atoms with E-state index >= 15 is 0 Å². The topological polar surface area (TPSA) is 153 Å². The highest BCUT2D eigenvalue weighted by atomic mass is 32.2. The number of hydrogen-bond donors (Lipinski definition) is 3. The van der Waals surface area contributed by atoms with Gasteiger partial charge in [0, 0.05) is 66.6 Å². The first-order valence-electron chi connectivity index (χ1n) is 19.8. The Morgan fingerprint density at radius 1 is 0.763 bits per heavy atom. The number of piperidine rings is 1. The lowest BCUT2D eigenvalue weighted by molar-refractivity contribution is 0.0447. The summed E-state index contributed by atoms with van der Waals surface area (Å²) in [6.45, 7) is 12.5. The van der Waals surface area contributed by atoms with Gasteiger partial charge in [-0.1, -0.05) is 42.1 Å². The number of carbonyl (C=O) groups excluding carboxylic acids is 2. The Morgan fingerprint density at radius 2 is 1.41 bits per heavy atom. The fourth-order valence-electron chi connectivity index (χ4n) is 7.15. The number of anilines is 4. The molecule has 3 N–H and O–H groups in total. The van der Waals surface area contributed by atoms with Gasteiger partial charge in [0.25, 0.3) is 5.91 Å². The van der Waals surface area contributed by atoms with Crippen LogP contribution in [-0.4, -0.2) is 88.4 Å². The molecule has 2 fully saturated rings. The van der Waals surface area contributed by atoms with Crippen LogP contribution >= 0.6 is 11.8 Å². The van der Waals surface area contributed by atoms with Crippen LogP contribution in [0.15, 0.2) is 113 Å². The number of carboxylic acid groups (broad SMARTS) is 1. The van der Waals surface area contributed by atoms with Crippen molar-refractivity contribution in [3.8, 4) is 0 Å². The van der Waals surface area contributed by atoms with Crippen LogP contribution < -0.4 is 25.3 Å². The molecule has 5 aromatic rings. The van der Waals surface area contributed by atoms with E-state index in [1.165, 1.54) is 23.0 Å². The molecule has 7 rings (SSSR count). The Labute approximate surface area is 349 Å². The predicted octanol–water partition coefficient (Wildman–Crippen LogP) is 7.77. The molecule has 0 atom stereocenters. The van der Waals surface area contributed by atoms with Crippen molar-refractivity contribution >= 4 is 52.6 Å². The minimum Gasteiger partial charge on any atom is -0.477 e. The number of piperazine rings is 1. The van der Waals surface area contributed by atoms with E-state index in [0.29, 0.717) is 11.3 Å². The summed E-state index contributed by atoms with van der Waals surface area (Å²) in [6.07, 6.45) is 7.07. The maximum absolute atomic E-state index is 13.2. The van der Waals surface area contributed by atoms with Gasteiger partial charge in [0.15, 0.2) is 0 Å². The van der Waals surface area contributed by atoms with Gasteiger partial charge in [-0.05, 0) is 113 Å². The Balaban J connectivity index is 0.858. The second kappa shape index (κ2) is 17.8. The quantitative estimate of drug-likeness (QED) is 0.119. The Morgan fingerprint density at radius 3 is 2.00 bits per heavy atom. The van der Waals surface area contributed by atoms with E-state index in [9.17, 15) is 14.4 Å². The zero-order valence-corrected chi connectivity index (χ0v) is 34.7. The third-order valence-electron chi connectivity index (χ3n) is 10.5. The molecule has 2 amide bonds. The number of hydrogen-bond acceptors (Lipinski definition) is 11. The van der Waals surface area contributed by atoms with Gasteiger partial charge < -0.3 is 35.2 Å². The standard InChI is InChI=1S/C45H50N8O5S/c1-44(2,3)58-43(57)50-45(4)18-20-53(21-19-45)39-29-48-40(30-47-39)59-37-7-5-6-34(27-37)49-41(54)33-12-8-31(9-13-33)26-32-10-14-35(15-11-32)51-22-24-52(25-23-51)36-16-17-38(42(55)56)46-28-36/h5-17,27-30H,18-26H2,1-4H3,(H,49,54)(H,50,57)(H,55,56). The van der Waals surface area contributed by atoms with Gasteiger partial charge in [-0.3, -0.25) is 4.79 Å². The summed E-state index contributed by atoms with van der Waals surface area (Å²) >= 11 is 1.48. The number of nitrogens with one attached hydrogen (secondary N) is 2. The molecule has 0 radical (unpaired) electrons. The molecular formula is C45H50N8O5S. The minimum atomic E-state index is -1.02. The first kappa shape index (κ1) is 41.0. The number of ether oxygens (including phenoxy) is 1. The van der Waals surface area contributed by atoms with E-state index in [1.54, 1.807) is 24.7 Å². The van der Waals surface area contributed by atoms with Crippen LogP contribution in [0.4, 0.5) is 27.7 Å². The van der Waals surface area contributed by atoms with E-state index in [0.717, 1.165) is 85.5 Å². The molecule has 2 aliphatic rings. The van der Waals surface area contributed by atoms with Crippen molar-refractivity contribution in [3.05, 3.63) is 126 Å². The molecule has 14 heteroatoms. The van der Waals surface area contributed by atoms with Crippen LogP contribution in [-0.2, 0) is 11.2 Å². The highest BCUT2D eigenvalue weighted by Crippen LogP contribution is 2.30. The second-order valence-electron chi connectivity index (χ2n) is 16.2. The van der Waals surface area contributed by atoms with E-state index in [4.69, 9.17) is 9.84 Å². The van der Waals surface area contributed by atoms with Crippen LogP contribution in [0.5, 0.6) is 0 Å². The average Bonchev–Trinajstić information content (AvgIpc) is 3.21. The molecule has 3 aromatic carbocycles. The molecule has 13 nitrogen and oxygen atoms in total. The summed E-state index contributed by atoms with van der Waals surface area (Å²) < 4.78 is 5.46. The zero-order valence-electron chi connectivity index (χ0n) is 33.9. The van der Waals surface area contributed by atoms with Gasteiger partial charge in [0.2, 0.25) is 0 Å². The number of nitrogens with zero attached hydrogens (tertiary/aromatic N) is 6. The molecule has 4 heterocycles. The summed E-state index contributed by atoms with van der Waals surface area (Å²) in [5.41, 5.74) is 4.84. The summed E-state index contributed by atoms with van der Waals surface area (Å²) in [6, 6.07) is 27.4. The van der Waals surface area contributed by atoms with Crippen LogP contribution in [0.1, 0.15) is 72.5 Å². The van der Waals surface area contributed by atoms with Crippen molar-refractivity contribution in [1.29, 1.82) is 0 Å². The van der Waals surface area contributed by atoms with E-state index < -0.39 is 17.7 Å². The van der Waals surface area contributed by atoms with Crippen molar-refractivity contribution < 1.29 is 24.2 Å². The monoisotopic (exact) mass is 814 g/mol. The Hall–Kier alpha value is -6.15. The predicted molar refractivity (Wildman–Crippen MR) is 231 cm³/mol.